The van der Waals surface area contributed by atoms with Crippen molar-refractivity contribution in [2.24, 2.45) is 10.9 Å². The third-order valence-corrected chi connectivity index (χ3v) is 4.94. The van der Waals surface area contributed by atoms with E-state index in [1.54, 1.807) is 11.8 Å². The zero-order valence-electron chi connectivity index (χ0n) is 9.45. The SMILES string of the molecule is CCN(C)C1=NC2C(S1)[C@H](CO)[C@@H](O)[C@@H]2O. The predicted molar refractivity (Wildman–Crippen MR) is 63.5 cm³/mol. The van der Waals surface area contributed by atoms with Gasteiger partial charge >= 0.3 is 0 Å². The molecule has 5 atom stereocenters. The van der Waals surface area contributed by atoms with Crippen molar-refractivity contribution in [1.29, 1.82) is 0 Å². The zero-order valence-corrected chi connectivity index (χ0v) is 10.3. The Morgan fingerprint density at radius 2 is 2.06 bits per heavy atom. The fourth-order valence-corrected chi connectivity index (χ4v) is 3.74. The van der Waals surface area contributed by atoms with E-state index in [0.29, 0.717) is 0 Å². The Labute approximate surface area is 99.2 Å². The average molecular weight is 246 g/mol. The fourth-order valence-electron chi connectivity index (χ4n) is 2.22. The first kappa shape index (κ1) is 12.2. The van der Waals surface area contributed by atoms with E-state index in [0.717, 1.165) is 11.7 Å². The zero-order chi connectivity index (χ0) is 11.9. The van der Waals surface area contributed by atoms with Crippen LogP contribution in [0.25, 0.3) is 0 Å². The van der Waals surface area contributed by atoms with Crippen molar-refractivity contribution < 1.29 is 15.3 Å². The molecule has 0 spiro atoms. The Kier molecular flexibility index (Phi) is 3.44. The van der Waals surface area contributed by atoms with Gasteiger partial charge in [0.2, 0.25) is 0 Å². The van der Waals surface area contributed by atoms with Crippen LogP contribution in [0.3, 0.4) is 0 Å². The molecule has 2 aliphatic rings. The summed E-state index contributed by atoms with van der Waals surface area (Å²) in [5, 5.41) is 29.7. The molecule has 0 radical (unpaired) electrons. The van der Waals surface area contributed by atoms with Gasteiger partial charge in [-0.2, -0.15) is 0 Å². The van der Waals surface area contributed by atoms with Gasteiger partial charge in [0.25, 0.3) is 0 Å². The maximum Gasteiger partial charge on any atom is 0.159 e. The number of nitrogens with zero attached hydrogens (tertiary/aromatic N) is 2. The van der Waals surface area contributed by atoms with Crippen molar-refractivity contribution >= 4 is 16.9 Å². The van der Waals surface area contributed by atoms with Gasteiger partial charge in [0.1, 0.15) is 6.10 Å². The molecule has 0 saturated heterocycles. The minimum atomic E-state index is -0.857. The molecule has 1 aliphatic carbocycles. The Hall–Kier alpha value is -0.300. The highest BCUT2D eigenvalue weighted by Gasteiger charge is 2.53. The Morgan fingerprint density at radius 3 is 2.62 bits per heavy atom. The number of amidine groups is 1. The van der Waals surface area contributed by atoms with Crippen LogP contribution in [-0.4, -0.2) is 69.1 Å². The first-order valence-electron chi connectivity index (χ1n) is 5.52. The highest BCUT2D eigenvalue weighted by molar-refractivity contribution is 8.14. The average Bonchev–Trinajstić information content (AvgIpc) is 2.80. The minimum absolute atomic E-state index is 0.000926. The summed E-state index contributed by atoms with van der Waals surface area (Å²) in [5.74, 6) is -0.281. The second kappa shape index (κ2) is 4.52. The van der Waals surface area contributed by atoms with E-state index in [1.165, 1.54) is 0 Å². The molecule has 6 heteroatoms. The molecule has 1 aliphatic heterocycles. The lowest BCUT2D eigenvalue weighted by molar-refractivity contribution is 0.00323. The van der Waals surface area contributed by atoms with Crippen LogP contribution in [0.15, 0.2) is 4.99 Å². The highest BCUT2D eigenvalue weighted by Crippen LogP contribution is 2.43. The van der Waals surface area contributed by atoms with Crippen LogP contribution in [0.5, 0.6) is 0 Å². The fraction of sp³-hybridized carbons (Fsp3) is 0.900. The summed E-state index contributed by atoms with van der Waals surface area (Å²) in [6, 6.07) is -0.277. The van der Waals surface area contributed by atoms with E-state index in [2.05, 4.69) is 4.99 Å². The molecule has 0 amide bonds. The van der Waals surface area contributed by atoms with Crippen LogP contribution in [0, 0.1) is 5.92 Å². The van der Waals surface area contributed by atoms with E-state index in [-0.39, 0.29) is 23.8 Å². The second-order valence-electron chi connectivity index (χ2n) is 4.33. The summed E-state index contributed by atoms with van der Waals surface area (Å²) in [4.78, 5) is 6.45. The highest BCUT2D eigenvalue weighted by atomic mass is 32.2. The molecule has 0 aromatic carbocycles. The van der Waals surface area contributed by atoms with Crippen LogP contribution >= 0.6 is 11.8 Å². The summed E-state index contributed by atoms with van der Waals surface area (Å²) in [6.07, 6.45) is -1.71. The molecular formula is C10H18N2O3S. The molecular weight excluding hydrogens is 228 g/mol. The summed E-state index contributed by atoms with van der Waals surface area (Å²) >= 11 is 1.55. The van der Waals surface area contributed by atoms with Crippen molar-refractivity contribution in [3.8, 4) is 0 Å². The first-order chi connectivity index (χ1) is 7.60. The number of aliphatic hydroxyl groups excluding tert-OH is 3. The summed E-state index contributed by atoms with van der Waals surface area (Å²) < 4.78 is 0. The third kappa shape index (κ3) is 1.73. The van der Waals surface area contributed by atoms with Crippen molar-refractivity contribution in [2.75, 3.05) is 20.2 Å². The third-order valence-electron chi connectivity index (χ3n) is 3.41. The van der Waals surface area contributed by atoms with Gasteiger partial charge in [-0.3, -0.25) is 4.99 Å². The molecule has 1 saturated carbocycles. The monoisotopic (exact) mass is 246 g/mol. The van der Waals surface area contributed by atoms with Crippen LogP contribution < -0.4 is 0 Å². The van der Waals surface area contributed by atoms with Crippen LogP contribution in [0.4, 0.5) is 0 Å². The van der Waals surface area contributed by atoms with Gasteiger partial charge in [-0.15, -0.1) is 0 Å². The van der Waals surface area contributed by atoms with Gasteiger partial charge in [0, 0.05) is 31.4 Å². The minimum Gasteiger partial charge on any atom is -0.396 e. The molecule has 0 aromatic heterocycles. The maximum atomic E-state index is 9.84. The number of fused-ring (bicyclic) bond motifs is 1. The Bertz CT molecular complexity index is 300. The van der Waals surface area contributed by atoms with Gasteiger partial charge in [-0.1, -0.05) is 11.8 Å². The molecule has 92 valence electrons. The Morgan fingerprint density at radius 1 is 1.38 bits per heavy atom. The van der Waals surface area contributed by atoms with Gasteiger partial charge in [-0.05, 0) is 6.92 Å². The predicted octanol–water partition coefficient (Wildman–Crippen LogP) is -0.878. The van der Waals surface area contributed by atoms with Gasteiger partial charge < -0.3 is 20.2 Å². The van der Waals surface area contributed by atoms with Crippen molar-refractivity contribution in [2.45, 2.75) is 30.4 Å². The molecule has 16 heavy (non-hydrogen) atoms. The van der Waals surface area contributed by atoms with Crippen LogP contribution in [0.2, 0.25) is 0 Å². The molecule has 0 aromatic rings. The lowest BCUT2D eigenvalue weighted by Gasteiger charge is -2.20. The van der Waals surface area contributed by atoms with E-state index >= 15 is 0 Å². The summed E-state index contributed by atoms with van der Waals surface area (Å²) in [5.41, 5.74) is 0. The lowest BCUT2D eigenvalue weighted by atomic mass is 10.1. The van der Waals surface area contributed by atoms with E-state index < -0.39 is 12.2 Å². The summed E-state index contributed by atoms with van der Waals surface area (Å²) in [7, 11) is 1.95. The van der Waals surface area contributed by atoms with Crippen LogP contribution in [-0.2, 0) is 0 Å². The van der Waals surface area contributed by atoms with Gasteiger partial charge in [0.15, 0.2) is 5.17 Å². The topological polar surface area (TPSA) is 76.3 Å². The van der Waals surface area contributed by atoms with Crippen molar-refractivity contribution in [3.05, 3.63) is 0 Å². The largest absolute Gasteiger partial charge is 0.396 e. The smallest absolute Gasteiger partial charge is 0.159 e. The van der Waals surface area contributed by atoms with Gasteiger partial charge in [0.05, 0.1) is 12.1 Å². The van der Waals surface area contributed by atoms with E-state index in [4.69, 9.17) is 0 Å². The maximum absolute atomic E-state index is 9.84. The molecule has 5 nitrogen and oxygen atoms in total. The molecule has 2 unspecified atom stereocenters. The normalized spacial score (nSPS) is 42.1. The van der Waals surface area contributed by atoms with Crippen molar-refractivity contribution in [1.82, 2.24) is 4.90 Å². The first-order valence-corrected chi connectivity index (χ1v) is 6.40. The summed E-state index contributed by atoms with van der Waals surface area (Å²) in [6.45, 7) is 2.78. The van der Waals surface area contributed by atoms with Crippen LogP contribution in [0.1, 0.15) is 6.92 Å². The van der Waals surface area contributed by atoms with E-state index in [1.807, 2.05) is 18.9 Å². The Balaban J connectivity index is 2.15. The molecule has 1 fully saturated rings. The molecule has 0 bridgehead atoms. The number of rotatable bonds is 2. The number of aliphatic imine (C=N–C) groups is 1. The second-order valence-corrected chi connectivity index (χ2v) is 5.47. The molecule has 3 N–H and O–H groups in total. The standard InChI is InChI=1S/C10H18N2O3S/c1-3-12(2)10-11-6-8(15)7(14)5(4-13)9(6)16-10/h5-9,13-15H,3-4H2,1-2H3/t5-,6?,7-,8-,9?/m1/s1. The lowest BCUT2D eigenvalue weighted by Crippen LogP contribution is -2.32. The number of hydrogen-bond acceptors (Lipinski definition) is 6. The van der Waals surface area contributed by atoms with Crippen molar-refractivity contribution in [3.63, 3.8) is 0 Å². The number of hydrogen-bond donors (Lipinski definition) is 3. The van der Waals surface area contributed by atoms with Gasteiger partial charge in [-0.25, -0.2) is 0 Å². The molecule has 2 rings (SSSR count). The quantitative estimate of drug-likeness (QED) is 0.590. The molecule has 1 heterocycles. The number of thioether (sulfide) groups is 1. The number of aliphatic hydroxyl groups is 3. The van der Waals surface area contributed by atoms with E-state index in [9.17, 15) is 15.3 Å².